The standard InChI is InChI=1S/C10H11ClN3O2.C5H11.Y/c11-8-2-1-3-9(6-8)14-10(16)13-5-4-12-7-15;1-3-5-4-2;/h1-3,6H,4-5H2,(H,12,15)(H2,13,14,16);1,3-5H2,2H3;/q2*-1;. The summed E-state index contributed by atoms with van der Waals surface area (Å²) in [6, 6.07) is 6.46. The van der Waals surface area contributed by atoms with Crippen molar-refractivity contribution >= 4 is 29.7 Å². The Morgan fingerprint density at radius 2 is 2.09 bits per heavy atom. The van der Waals surface area contributed by atoms with Gasteiger partial charge in [0.15, 0.2) is 0 Å². The van der Waals surface area contributed by atoms with Crippen molar-refractivity contribution in [3.8, 4) is 0 Å². The fourth-order valence-electron chi connectivity index (χ4n) is 1.28. The molecule has 0 saturated heterocycles. The summed E-state index contributed by atoms with van der Waals surface area (Å²) in [5.74, 6) is 0. The molecule has 0 unspecified atom stereocenters. The molecular formula is C15H22ClN3O2Y-2. The van der Waals surface area contributed by atoms with Gasteiger partial charge >= 0.3 is 6.03 Å². The van der Waals surface area contributed by atoms with E-state index in [0.717, 1.165) is 6.42 Å². The molecule has 1 aromatic rings. The first kappa shape index (κ1) is 23.6. The molecule has 0 spiro atoms. The second-order valence-corrected chi connectivity index (χ2v) is 4.56. The molecule has 1 aromatic carbocycles. The Balaban J connectivity index is 0. The van der Waals surface area contributed by atoms with Gasteiger partial charge in [0, 0.05) is 56.5 Å². The van der Waals surface area contributed by atoms with Crippen LogP contribution in [0.1, 0.15) is 26.2 Å². The first-order valence-electron chi connectivity index (χ1n) is 6.83. The van der Waals surface area contributed by atoms with Crippen molar-refractivity contribution in [1.82, 2.24) is 10.6 Å². The number of halogens is 1. The average molecular weight is 401 g/mol. The summed E-state index contributed by atoms with van der Waals surface area (Å²) in [7, 11) is 0. The Morgan fingerprint density at radius 3 is 2.59 bits per heavy atom. The zero-order valence-electron chi connectivity index (χ0n) is 12.8. The quantitative estimate of drug-likeness (QED) is 0.374. The minimum absolute atomic E-state index is 0. The van der Waals surface area contributed by atoms with Crippen LogP contribution >= 0.6 is 11.6 Å². The summed E-state index contributed by atoms with van der Waals surface area (Å²) in [6.45, 7) is 6.52. The summed E-state index contributed by atoms with van der Waals surface area (Å²) in [5.41, 5.74) is 0.611. The third-order valence-corrected chi connectivity index (χ3v) is 2.53. The molecule has 7 heteroatoms. The van der Waals surface area contributed by atoms with Crippen LogP contribution in [0.3, 0.4) is 0 Å². The van der Waals surface area contributed by atoms with E-state index in [9.17, 15) is 9.59 Å². The molecule has 0 saturated carbocycles. The molecule has 22 heavy (non-hydrogen) atoms. The molecule has 0 heterocycles. The maximum Gasteiger partial charge on any atom is 0.319 e. The molecule has 0 aliphatic heterocycles. The maximum absolute atomic E-state index is 11.3. The summed E-state index contributed by atoms with van der Waals surface area (Å²) in [4.78, 5) is 21.1. The van der Waals surface area contributed by atoms with Gasteiger partial charge in [-0.1, -0.05) is 37.4 Å². The van der Waals surface area contributed by atoms with Gasteiger partial charge in [0.05, 0.1) is 0 Å². The van der Waals surface area contributed by atoms with Crippen LogP contribution in [0.5, 0.6) is 0 Å². The van der Waals surface area contributed by atoms with Gasteiger partial charge in [-0.05, 0) is 18.2 Å². The number of amides is 3. The monoisotopic (exact) mass is 400 g/mol. The largest absolute Gasteiger partial charge is 0.528 e. The van der Waals surface area contributed by atoms with E-state index in [1.807, 2.05) is 0 Å². The van der Waals surface area contributed by atoms with E-state index < -0.39 is 0 Å². The van der Waals surface area contributed by atoms with Crippen molar-refractivity contribution in [2.75, 3.05) is 18.4 Å². The molecule has 0 atom stereocenters. The van der Waals surface area contributed by atoms with Crippen molar-refractivity contribution in [1.29, 1.82) is 0 Å². The Hall–Kier alpha value is -0.646. The van der Waals surface area contributed by atoms with Crippen LogP contribution in [-0.2, 0) is 37.5 Å². The molecule has 5 nitrogen and oxygen atoms in total. The minimum atomic E-state index is -0.352. The van der Waals surface area contributed by atoms with Gasteiger partial charge in [-0.3, -0.25) is 0 Å². The van der Waals surface area contributed by atoms with Crippen molar-refractivity contribution in [2.45, 2.75) is 26.2 Å². The fraction of sp³-hybridized carbons (Fsp3) is 0.400. The van der Waals surface area contributed by atoms with Gasteiger partial charge in [-0.25, -0.2) is 4.79 Å². The number of unbranched alkanes of at least 4 members (excludes halogenated alkanes) is 2. The average Bonchev–Trinajstić information content (AvgIpc) is 2.45. The van der Waals surface area contributed by atoms with E-state index in [1.54, 1.807) is 24.3 Å². The molecule has 1 radical (unpaired) electrons. The van der Waals surface area contributed by atoms with E-state index in [-0.39, 0.29) is 38.7 Å². The van der Waals surface area contributed by atoms with Gasteiger partial charge < -0.3 is 27.7 Å². The Kier molecular flexibility index (Phi) is 17.9. The second kappa shape index (κ2) is 16.7. The molecule has 0 aliphatic rings. The third kappa shape index (κ3) is 14.3. The maximum atomic E-state index is 11.3. The molecule has 1 rings (SSSR count). The van der Waals surface area contributed by atoms with Gasteiger partial charge in [0.1, 0.15) is 0 Å². The predicted molar refractivity (Wildman–Crippen MR) is 87.1 cm³/mol. The number of hydrogen-bond acceptors (Lipinski definition) is 2. The van der Waals surface area contributed by atoms with Gasteiger partial charge in [0.25, 0.3) is 0 Å². The fourth-order valence-corrected chi connectivity index (χ4v) is 1.47. The normalized spacial score (nSPS) is 8.68. The molecule has 0 aromatic heterocycles. The van der Waals surface area contributed by atoms with E-state index in [1.165, 1.54) is 19.3 Å². The van der Waals surface area contributed by atoms with Gasteiger partial charge in [-0.15, -0.1) is 0 Å². The second-order valence-electron chi connectivity index (χ2n) is 4.13. The molecule has 121 valence electrons. The van der Waals surface area contributed by atoms with Gasteiger partial charge in [-0.2, -0.15) is 12.8 Å². The molecular weight excluding hydrogens is 379 g/mol. The number of nitrogens with one attached hydrogen (secondary N) is 3. The van der Waals surface area contributed by atoms with Crippen molar-refractivity contribution in [2.24, 2.45) is 0 Å². The Bertz CT molecular complexity index is 418. The van der Waals surface area contributed by atoms with Crippen molar-refractivity contribution < 1.29 is 42.3 Å². The number of rotatable bonds is 7. The van der Waals surface area contributed by atoms with Crippen LogP contribution in [0, 0.1) is 6.92 Å². The number of anilines is 1. The van der Waals surface area contributed by atoms with Crippen LogP contribution in [-0.4, -0.2) is 25.5 Å². The van der Waals surface area contributed by atoms with Crippen LogP contribution in [0.2, 0.25) is 5.02 Å². The van der Waals surface area contributed by atoms with E-state index >= 15 is 0 Å². The molecule has 3 amide bonds. The summed E-state index contributed by atoms with van der Waals surface area (Å²) >= 11 is 5.75. The Morgan fingerprint density at radius 1 is 1.36 bits per heavy atom. The minimum Gasteiger partial charge on any atom is -0.528 e. The Labute approximate surface area is 162 Å². The van der Waals surface area contributed by atoms with E-state index in [2.05, 4.69) is 29.8 Å². The van der Waals surface area contributed by atoms with E-state index in [4.69, 9.17) is 11.6 Å². The third-order valence-electron chi connectivity index (χ3n) is 2.29. The molecule has 0 bridgehead atoms. The number of benzene rings is 1. The zero-order valence-corrected chi connectivity index (χ0v) is 16.4. The van der Waals surface area contributed by atoms with Gasteiger partial charge in [0.2, 0.25) is 0 Å². The van der Waals surface area contributed by atoms with E-state index in [0.29, 0.717) is 23.8 Å². The molecule has 3 N–H and O–H groups in total. The number of hydrogen-bond donors (Lipinski definition) is 3. The van der Waals surface area contributed by atoms with Crippen LogP contribution in [0.15, 0.2) is 24.3 Å². The number of carbonyl (C=O) groups is 1. The summed E-state index contributed by atoms with van der Waals surface area (Å²) in [6.07, 6.45) is 5.16. The summed E-state index contributed by atoms with van der Waals surface area (Å²) in [5, 5.41) is 8.01. The molecule has 0 fully saturated rings. The first-order valence-corrected chi connectivity index (χ1v) is 7.21. The summed E-state index contributed by atoms with van der Waals surface area (Å²) < 4.78 is 0. The van der Waals surface area contributed by atoms with Crippen LogP contribution < -0.4 is 16.0 Å². The van der Waals surface area contributed by atoms with Crippen molar-refractivity contribution in [3.63, 3.8) is 0 Å². The van der Waals surface area contributed by atoms with Crippen LogP contribution in [0.4, 0.5) is 10.5 Å². The van der Waals surface area contributed by atoms with Crippen molar-refractivity contribution in [3.05, 3.63) is 36.2 Å². The number of urea groups is 1. The number of carbonyl (C=O) groups excluding carboxylic acids is 2. The SMILES string of the molecule is O=[C-]NCCNC(=O)Nc1cccc(Cl)c1.[CH2-]CCCC.[Y]. The smallest absolute Gasteiger partial charge is 0.319 e. The topological polar surface area (TPSA) is 70.2 Å². The first-order chi connectivity index (χ1) is 10.1. The van der Waals surface area contributed by atoms with Crippen LogP contribution in [0.25, 0.3) is 0 Å². The predicted octanol–water partition coefficient (Wildman–Crippen LogP) is 3.13. The molecule has 0 aliphatic carbocycles. The zero-order chi connectivity index (χ0) is 15.9.